The van der Waals surface area contributed by atoms with Crippen molar-refractivity contribution in [2.75, 3.05) is 4.90 Å². The van der Waals surface area contributed by atoms with E-state index in [9.17, 15) is 0 Å². The summed E-state index contributed by atoms with van der Waals surface area (Å²) in [6.45, 7) is 0. The molecule has 0 saturated heterocycles. The van der Waals surface area contributed by atoms with E-state index in [-0.39, 0.29) is 0 Å². The van der Waals surface area contributed by atoms with Gasteiger partial charge >= 0.3 is 0 Å². The van der Waals surface area contributed by atoms with Gasteiger partial charge in [0.1, 0.15) is 0 Å². The average molecular weight is 967 g/mol. The topological polar surface area (TPSA) is 8.17 Å². The van der Waals surface area contributed by atoms with Crippen molar-refractivity contribution in [2.24, 2.45) is 0 Å². The van der Waals surface area contributed by atoms with Crippen molar-refractivity contribution in [1.82, 2.24) is 4.57 Å². The molecule has 76 heavy (non-hydrogen) atoms. The first-order valence-corrected chi connectivity index (χ1v) is 26.4. The van der Waals surface area contributed by atoms with Crippen molar-refractivity contribution in [2.45, 2.75) is 10.8 Å². The summed E-state index contributed by atoms with van der Waals surface area (Å²) >= 11 is 0. The first-order chi connectivity index (χ1) is 37.7. The van der Waals surface area contributed by atoms with E-state index in [0.717, 1.165) is 28.3 Å². The molecule has 13 aromatic rings. The summed E-state index contributed by atoms with van der Waals surface area (Å²) < 4.78 is 2.43. The zero-order chi connectivity index (χ0) is 50.2. The van der Waals surface area contributed by atoms with Crippen LogP contribution in [0.25, 0.3) is 60.9 Å². The molecule has 2 atom stereocenters. The van der Waals surface area contributed by atoms with Gasteiger partial charge in [-0.1, -0.05) is 249 Å². The lowest BCUT2D eigenvalue weighted by Crippen LogP contribution is -2.44. The molecule has 2 unspecified atom stereocenters. The summed E-state index contributed by atoms with van der Waals surface area (Å²) in [6.07, 6.45) is 0. The van der Waals surface area contributed by atoms with E-state index in [0.29, 0.717) is 0 Å². The molecule has 0 aliphatic heterocycles. The lowest BCUT2D eigenvalue weighted by molar-refractivity contribution is 0.626. The molecule has 1 heterocycles. The Bertz CT molecular complexity index is 4300. The van der Waals surface area contributed by atoms with E-state index in [2.05, 4.69) is 313 Å². The van der Waals surface area contributed by atoms with Crippen LogP contribution >= 0.6 is 0 Å². The predicted octanol–water partition coefficient (Wildman–Crippen LogP) is 18.6. The molecular weight excluding hydrogens is 917 g/mol. The number of para-hydroxylation sites is 1. The maximum Gasteiger partial charge on any atom is 0.0720 e. The second-order valence-electron chi connectivity index (χ2n) is 20.3. The number of fused-ring (bicyclic) bond motifs is 8. The summed E-state index contributed by atoms with van der Waals surface area (Å²) in [5, 5.41) is 2.44. The van der Waals surface area contributed by atoms with Gasteiger partial charge in [-0.15, -0.1) is 0 Å². The van der Waals surface area contributed by atoms with Crippen molar-refractivity contribution in [1.29, 1.82) is 0 Å². The zero-order valence-electron chi connectivity index (χ0n) is 41.8. The monoisotopic (exact) mass is 966 g/mol. The Morgan fingerprint density at radius 1 is 0.263 bits per heavy atom. The molecule has 2 aliphatic rings. The predicted molar refractivity (Wildman–Crippen MR) is 316 cm³/mol. The van der Waals surface area contributed by atoms with Gasteiger partial charge in [-0.25, -0.2) is 0 Å². The molecule has 0 N–H and O–H groups in total. The Hall–Kier alpha value is -9.76. The molecular formula is C74H50N2. The van der Waals surface area contributed by atoms with Crippen LogP contribution in [0, 0.1) is 0 Å². The van der Waals surface area contributed by atoms with E-state index >= 15 is 0 Å². The summed E-state index contributed by atoms with van der Waals surface area (Å²) in [6, 6.07) is 113. The smallest absolute Gasteiger partial charge is 0.0720 e. The molecule has 0 amide bonds. The van der Waals surface area contributed by atoms with Gasteiger partial charge in [0.2, 0.25) is 0 Å². The van der Waals surface area contributed by atoms with E-state index in [1.54, 1.807) is 0 Å². The highest BCUT2D eigenvalue weighted by Crippen LogP contribution is 2.65. The van der Waals surface area contributed by atoms with Crippen LogP contribution in [0.4, 0.5) is 17.1 Å². The average Bonchev–Trinajstić information content (AvgIpc) is 4.20. The van der Waals surface area contributed by atoms with Crippen LogP contribution in [0.2, 0.25) is 0 Å². The minimum atomic E-state index is -0.653. The van der Waals surface area contributed by atoms with Gasteiger partial charge in [0, 0.05) is 33.5 Å². The Morgan fingerprint density at radius 2 is 0.697 bits per heavy atom. The Morgan fingerprint density at radius 3 is 1.34 bits per heavy atom. The molecule has 2 aliphatic carbocycles. The second-order valence-corrected chi connectivity index (χ2v) is 20.3. The number of rotatable bonds is 9. The number of nitrogens with zero attached hydrogens (tertiary/aromatic N) is 2. The summed E-state index contributed by atoms with van der Waals surface area (Å²) in [7, 11) is 0. The van der Waals surface area contributed by atoms with Gasteiger partial charge in [0.15, 0.2) is 0 Å². The van der Waals surface area contributed by atoms with Crippen LogP contribution in [-0.2, 0) is 10.8 Å². The standard InChI is InChI=1S/C74H50N2/c1-5-20-51(21-6-1)53-36-42-58(43-37-53)75(61-48-49-64-63-29-14-18-35-70(63)76(71(64)50-61)60-44-38-54(39-45-60)52-22-7-2-8-23-52)59-46-40-57(41-47-59)73(55-24-9-3-10-25-55)67-32-16-17-33-68(67)74(56-26-11-4-12-27-56)66-31-15-13-28-62(66)65-30-19-34-69(73)72(65)74/h1-50H. The van der Waals surface area contributed by atoms with Gasteiger partial charge in [-0.05, 0) is 132 Å². The summed E-state index contributed by atoms with van der Waals surface area (Å²) in [5.74, 6) is 0. The summed E-state index contributed by atoms with van der Waals surface area (Å²) in [5.41, 5.74) is 23.3. The fraction of sp³-hybridized carbons (Fsp3) is 0.0270. The Kier molecular flexibility index (Phi) is 10.0. The SMILES string of the molecule is c1ccc(-c2ccc(N(c3ccc(C4(c5ccccc5)c5ccccc5C5(c6ccccc6)c6ccccc6-c6cccc4c65)cc3)c3ccc4c5ccccc5n(-c5ccc(-c6ccccc6)cc5)c4c3)cc2)cc1. The lowest BCUT2D eigenvalue weighted by atomic mass is 9.52. The first kappa shape index (κ1) is 43.8. The molecule has 1 aromatic heterocycles. The quantitative estimate of drug-likeness (QED) is 0.140. The van der Waals surface area contributed by atoms with E-state index < -0.39 is 10.8 Å². The highest BCUT2D eigenvalue weighted by atomic mass is 15.1. The Balaban J connectivity index is 0.941. The molecule has 356 valence electrons. The van der Waals surface area contributed by atoms with E-state index in [1.165, 1.54) is 94.2 Å². The van der Waals surface area contributed by atoms with Crippen molar-refractivity contribution < 1.29 is 0 Å². The van der Waals surface area contributed by atoms with Crippen LogP contribution in [-0.4, -0.2) is 4.57 Å². The number of hydrogen-bond acceptors (Lipinski definition) is 1. The molecule has 0 bridgehead atoms. The fourth-order valence-electron chi connectivity index (χ4n) is 13.4. The summed E-state index contributed by atoms with van der Waals surface area (Å²) in [4.78, 5) is 2.43. The van der Waals surface area contributed by atoms with Gasteiger partial charge < -0.3 is 9.47 Å². The van der Waals surface area contributed by atoms with Crippen LogP contribution < -0.4 is 4.90 Å². The van der Waals surface area contributed by atoms with Crippen molar-refractivity contribution in [3.63, 3.8) is 0 Å². The first-order valence-electron chi connectivity index (χ1n) is 26.4. The van der Waals surface area contributed by atoms with Crippen molar-refractivity contribution in [3.8, 4) is 39.1 Å². The minimum Gasteiger partial charge on any atom is -0.310 e. The maximum atomic E-state index is 2.43. The maximum absolute atomic E-state index is 2.43. The van der Waals surface area contributed by atoms with E-state index in [4.69, 9.17) is 0 Å². The number of hydrogen-bond donors (Lipinski definition) is 0. The second kappa shape index (κ2) is 17.4. The Labute approximate surface area is 443 Å². The molecule has 0 fully saturated rings. The van der Waals surface area contributed by atoms with Gasteiger partial charge in [-0.2, -0.15) is 0 Å². The largest absolute Gasteiger partial charge is 0.310 e. The highest BCUT2D eigenvalue weighted by molar-refractivity contribution is 6.10. The van der Waals surface area contributed by atoms with Crippen molar-refractivity contribution >= 4 is 38.9 Å². The third-order valence-electron chi connectivity index (χ3n) is 16.6. The minimum absolute atomic E-state index is 0.508. The molecule has 0 saturated carbocycles. The normalized spacial score (nSPS) is 16.0. The third-order valence-corrected chi connectivity index (χ3v) is 16.6. The molecule has 0 radical (unpaired) electrons. The number of benzene rings is 12. The molecule has 12 aromatic carbocycles. The van der Waals surface area contributed by atoms with Crippen LogP contribution in [0.5, 0.6) is 0 Å². The molecule has 15 rings (SSSR count). The van der Waals surface area contributed by atoms with Gasteiger partial charge in [0.05, 0.1) is 21.9 Å². The number of anilines is 3. The van der Waals surface area contributed by atoms with Crippen LogP contribution in [0.1, 0.15) is 44.5 Å². The van der Waals surface area contributed by atoms with Crippen LogP contribution in [0.3, 0.4) is 0 Å². The van der Waals surface area contributed by atoms with Gasteiger partial charge in [0.25, 0.3) is 0 Å². The zero-order valence-corrected chi connectivity index (χ0v) is 41.8. The van der Waals surface area contributed by atoms with Gasteiger partial charge in [-0.3, -0.25) is 0 Å². The molecule has 0 spiro atoms. The fourth-order valence-corrected chi connectivity index (χ4v) is 13.4. The van der Waals surface area contributed by atoms with Crippen LogP contribution in [0.15, 0.2) is 303 Å². The lowest BCUT2D eigenvalue weighted by Gasteiger charge is -2.49. The number of aromatic nitrogens is 1. The third kappa shape index (κ3) is 6.41. The van der Waals surface area contributed by atoms with E-state index in [1.807, 2.05) is 0 Å². The molecule has 2 nitrogen and oxygen atoms in total. The highest BCUT2D eigenvalue weighted by Gasteiger charge is 2.57. The molecule has 2 heteroatoms. The van der Waals surface area contributed by atoms with Crippen molar-refractivity contribution in [3.05, 3.63) is 348 Å².